The molecule has 0 heterocycles. The van der Waals surface area contributed by atoms with Gasteiger partial charge < -0.3 is 10.2 Å². The number of nitriles is 1. The first kappa shape index (κ1) is 12.3. The molecule has 1 aromatic carbocycles. The van der Waals surface area contributed by atoms with Crippen molar-refractivity contribution in [3.63, 3.8) is 0 Å². The first-order valence-electron chi connectivity index (χ1n) is 4.38. The lowest BCUT2D eigenvalue weighted by Crippen LogP contribution is -2.26. The number of phenolic OH excluding ortho intramolecular Hbond substituents is 1. The molecule has 5 nitrogen and oxygen atoms in total. The summed E-state index contributed by atoms with van der Waals surface area (Å²) in [5.41, 5.74) is 0.260. The molecule has 0 aliphatic carbocycles. The minimum absolute atomic E-state index is 0.103. The van der Waals surface area contributed by atoms with E-state index < -0.39 is 12.0 Å². The fourth-order valence-electron chi connectivity index (χ4n) is 1.17. The van der Waals surface area contributed by atoms with Crippen LogP contribution in [0.1, 0.15) is 11.6 Å². The predicted octanol–water partition coefficient (Wildman–Crippen LogP) is 1.28. The van der Waals surface area contributed by atoms with Gasteiger partial charge in [0.1, 0.15) is 11.8 Å². The predicted molar refractivity (Wildman–Crippen MR) is 57.1 cm³/mol. The molecule has 1 atom stereocenters. The lowest BCUT2D eigenvalue weighted by molar-refractivity contribution is -0.136. The highest BCUT2D eigenvalue weighted by atomic mass is 35.5. The molecule has 0 amide bonds. The normalized spacial score (nSPS) is 11.8. The Kier molecular flexibility index (Phi) is 4.11. The SMILES string of the molecule is N#CC(NCC(=O)O)c1cc(Cl)ccc1O. The van der Waals surface area contributed by atoms with Crippen LogP contribution < -0.4 is 5.32 Å². The lowest BCUT2D eigenvalue weighted by atomic mass is 10.1. The second-order valence-corrected chi connectivity index (χ2v) is 3.48. The summed E-state index contributed by atoms with van der Waals surface area (Å²) in [5.74, 6) is -1.18. The number of carboxylic acids is 1. The van der Waals surface area contributed by atoms with Gasteiger partial charge >= 0.3 is 5.97 Å². The number of benzene rings is 1. The van der Waals surface area contributed by atoms with Crippen molar-refractivity contribution in [3.8, 4) is 11.8 Å². The first-order chi connectivity index (χ1) is 7.54. The number of nitrogens with zero attached hydrogens (tertiary/aromatic N) is 1. The highest BCUT2D eigenvalue weighted by Crippen LogP contribution is 2.26. The smallest absolute Gasteiger partial charge is 0.317 e. The fourth-order valence-corrected chi connectivity index (χ4v) is 1.35. The van der Waals surface area contributed by atoms with Gasteiger partial charge in [0, 0.05) is 10.6 Å². The van der Waals surface area contributed by atoms with Crippen molar-refractivity contribution in [2.75, 3.05) is 6.54 Å². The first-order valence-corrected chi connectivity index (χ1v) is 4.75. The van der Waals surface area contributed by atoms with Gasteiger partial charge in [0.25, 0.3) is 0 Å². The van der Waals surface area contributed by atoms with Gasteiger partial charge in [0.15, 0.2) is 0 Å². The summed E-state index contributed by atoms with van der Waals surface area (Å²) in [5, 5.41) is 29.7. The third-order valence-corrected chi connectivity index (χ3v) is 2.12. The van der Waals surface area contributed by atoms with Crippen molar-refractivity contribution >= 4 is 17.6 Å². The maximum Gasteiger partial charge on any atom is 0.317 e. The molecule has 0 bridgehead atoms. The molecule has 0 aliphatic rings. The Morgan fingerprint density at radius 1 is 1.62 bits per heavy atom. The second-order valence-electron chi connectivity index (χ2n) is 3.04. The van der Waals surface area contributed by atoms with Crippen molar-refractivity contribution in [1.82, 2.24) is 5.32 Å². The maximum atomic E-state index is 10.3. The molecule has 1 unspecified atom stereocenters. The highest BCUT2D eigenvalue weighted by molar-refractivity contribution is 6.30. The summed E-state index contributed by atoms with van der Waals surface area (Å²) >= 11 is 5.72. The summed E-state index contributed by atoms with van der Waals surface area (Å²) in [6.45, 7) is -0.371. The van der Waals surface area contributed by atoms with Gasteiger partial charge in [-0.3, -0.25) is 10.1 Å². The van der Waals surface area contributed by atoms with E-state index >= 15 is 0 Å². The molecule has 84 valence electrons. The number of rotatable bonds is 4. The number of phenols is 1. The van der Waals surface area contributed by atoms with Crippen LogP contribution in [-0.2, 0) is 4.79 Å². The molecule has 1 rings (SSSR count). The van der Waals surface area contributed by atoms with Crippen molar-refractivity contribution in [2.24, 2.45) is 0 Å². The minimum Gasteiger partial charge on any atom is -0.508 e. The standard InChI is InChI=1S/C10H9ClN2O3/c11-6-1-2-9(14)7(3-6)8(4-12)13-5-10(15)16/h1-3,8,13-14H,5H2,(H,15,16). The fraction of sp³-hybridized carbons (Fsp3) is 0.200. The van der Waals surface area contributed by atoms with E-state index in [-0.39, 0.29) is 17.9 Å². The van der Waals surface area contributed by atoms with Gasteiger partial charge in [0.2, 0.25) is 0 Å². The third kappa shape index (κ3) is 3.12. The Morgan fingerprint density at radius 2 is 2.31 bits per heavy atom. The number of aromatic hydroxyl groups is 1. The lowest BCUT2D eigenvalue weighted by Gasteiger charge is -2.11. The molecule has 1 aromatic rings. The Balaban J connectivity index is 2.91. The number of hydrogen-bond acceptors (Lipinski definition) is 4. The summed E-state index contributed by atoms with van der Waals surface area (Å²) in [4.78, 5) is 10.3. The zero-order valence-corrected chi connectivity index (χ0v) is 8.90. The van der Waals surface area contributed by atoms with Crippen molar-refractivity contribution in [1.29, 1.82) is 5.26 Å². The molecule has 0 aromatic heterocycles. The molecule has 0 radical (unpaired) electrons. The van der Waals surface area contributed by atoms with Gasteiger partial charge in [-0.05, 0) is 18.2 Å². The van der Waals surface area contributed by atoms with Gasteiger partial charge in [0.05, 0.1) is 12.6 Å². The van der Waals surface area contributed by atoms with Crippen molar-refractivity contribution < 1.29 is 15.0 Å². The third-order valence-electron chi connectivity index (χ3n) is 1.89. The van der Waals surface area contributed by atoms with Gasteiger partial charge in [-0.25, -0.2) is 0 Å². The molecule has 0 saturated heterocycles. The number of nitrogens with one attached hydrogen (secondary N) is 1. The van der Waals surface area contributed by atoms with E-state index in [2.05, 4.69) is 5.32 Å². The van der Waals surface area contributed by atoms with Crippen molar-refractivity contribution in [3.05, 3.63) is 28.8 Å². The molecular weight excluding hydrogens is 232 g/mol. The number of carbonyl (C=O) groups is 1. The topological polar surface area (TPSA) is 93.4 Å². The number of aliphatic carboxylic acids is 1. The highest BCUT2D eigenvalue weighted by Gasteiger charge is 2.15. The second kappa shape index (κ2) is 5.35. The van der Waals surface area contributed by atoms with Crippen LogP contribution in [0.4, 0.5) is 0 Å². The zero-order chi connectivity index (χ0) is 12.1. The molecule has 0 spiro atoms. The van der Waals surface area contributed by atoms with Gasteiger partial charge in [-0.15, -0.1) is 0 Å². The molecule has 3 N–H and O–H groups in total. The van der Waals surface area contributed by atoms with E-state index in [9.17, 15) is 9.90 Å². The molecule has 0 saturated carbocycles. The van der Waals surface area contributed by atoms with Crippen molar-refractivity contribution in [2.45, 2.75) is 6.04 Å². The van der Waals surface area contributed by atoms with E-state index in [1.54, 1.807) is 0 Å². The van der Waals surface area contributed by atoms with Crippen LogP contribution >= 0.6 is 11.6 Å². The average molecular weight is 241 g/mol. The largest absolute Gasteiger partial charge is 0.508 e. The molecule has 0 fully saturated rings. The van der Waals surface area contributed by atoms with Crippen LogP contribution in [0.25, 0.3) is 0 Å². The number of hydrogen-bond donors (Lipinski definition) is 3. The molecule has 16 heavy (non-hydrogen) atoms. The van der Waals surface area contributed by atoms with Gasteiger partial charge in [-0.2, -0.15) is 5.26 Å². The van der Waals surface area contributed by atoms with E-state index in [4.69, 9.17) is 22.0 Å². The molecule has 6 heteroatoms. The Morgan fingerprint density at radius 3 is 2.88 bits per heavy atom. The molecule has 0 aliphatic heterocycles. The van der Waals surface area contributed by atoms with Crippen LogP contribution in [0.3, 0.4) is 0 Å². The molecular formula is C10H9ClN2O3. The average Bonchev–Trinajstić information content (AvgIpc) is 2.23. The number of halogens is 1. The Bertz CT molecular complexity index is 442. The Labute approximate surface area is 96.9 Å². The van der Waals surface area contributed by atoms with E-state index in [1.807, 2.05) is 6.07 Å². The van der Waals surface area contributed by atoms with E-state index in [0.29, 0.717) is 5.02 Å². The van der Waals surface area contributed by atoms with E-state index in [1.165, 1.54) is 18.2 Å². The van der Waals surface area contributed by atoms with Crippen LogP contribution in [0.5, 0.6) is 5.75 Å². The number of carboxylic acid groups (broad SMARTS) is 1. The van der Waals surface area contributed by atoms with Crippen LogP contribution in [0.15, 0.2) is 18.2 Å². The summed E-state index contributed by atoms with van der Waals surface area (Å²) in [7, 11) is 0. The summed E-state index contributed by atoms with van der Waals surface area (Å²) in [6.07, 6.45) is 0. The van der Waals surface area contributed by atoms with E-state index in [0.717, 1.165) is 0 Å². The zero-order valence-electron chi connectivity index (χ0n) is 8.14. The monoisotopic (exact) mass is 240 g/mol. The van der Waals surface area contributed by atoms with Crippen LogP contribution in [0, 0.1) is 11.3 Å². The Hall–Kier alpha value is -1.77. The summed E-state index contributed by atoms with van der Waals surface area (Å²) < 4.78 is 0. The van der Waals surface area contributed by atoms with Crippen LogP contribution in [-0.4, -0.2) is 22.7 Å². The summed E-state index contributed by atoms with van der Waals surface area (Å²) in [6, 6.07) is 5.19. The quantitative estimate of drug-likeness (QED) is 0.737. The van der Waals surface area contributed by atoms with Gasteiger partial charge in [-0.1, -0.05) is 11.6 Å². The maximum absolute atomic E-state index is 10.3. The minimum atomic E-state index is -1.08. The van der Waals surface area contributed by atoms with Crippen LogP contribution in [0.2, 0.25) is 5.02 Å².